The van der Waals surface area contributed by atoms with Gasteiger partial charge in [0.1, 0.15) is 0 Å². The van der Waals surface area contributed by atoms with Crippen LogP contribution in [0.15, 0.2) is 88.8 Å². The van der Waals surface area contributed by atoms with Gasteiger partial charge in [0.05, 0.1) is 26.8 Å². The lowest BCUT2D eigenvalue weighted by atomic mass is 10.2. The number of nitro groups is 1. The molecule has 1 saturated heterocycles. The Morgan fingerprint density at radius 3 is 2.41 bits per heavy atom. The van der Waals surface area contributed by atoms with Crippen LogP contribution in [0, 0.1) is 10.1 Å². The van der Waals surface area contributed by atoms with Crippen molar-refractivity contribution in [3.63, 3.8) is 0 Å². The molecule has 1 aliphatic heterocycles. The highest BCUT2D eigenvalue weighted by atomic mass is 32.2. The van der Waals surface area contributed by atoms with Gasteiger partial charge >= 0.3 is 5.97 Å². The van der Waals surface area contributed by atoms with E-state index in [1.54, 1.807) is 54.6 Å². The first kappa shape index (κ1) is 21.0. The van der Waals surface area contributed by atoms with Crippen LogP contribution in [-0.2, 0) is 4.79 Å². The Morgan fingerprint density at radius 1 is 1.03 bits per heavy atom. The van der Waals surface area contributed by atoms with Gasteiger partial charge < -0.3 is 5.11 Å². The molecule has 4 rings (SSSR count). The number of carboxylic acid groups (broad SMARTS) is 1. The monoisotopic (exact) mass is 445 g/mol. The minimum absolute atomic E-state index is 0.0379. The number of benzene rings is 3. The number of hydrogen-bond donors (Lipinski definition) is 1. The Hall–Kier alpha value is -4.24. The summed E-state index contributed by atoms with van der Waals surface area (Å²) >= 11 is 1.14. The van der Waals surface area contributed by atoms with Gasteiger partial charge in [0.15, 0.2) is 5.17 Å². The second kappa shape index (κ2) is 8.86. The molecule has 1 N–H and O–H groups in total. The lowest BCUT2D eigenvalue weighted by molar-refractivity contribution is -0.384. The van der Waals surface area contributed by atoms with Crippen LogP contribution in [0.3, 0.4) is 0 Å². The molecule has 158 valence electrons. The van der Waals surface area contributed by atoms with Crippen LogP contribution in [0.1, 0.15) is 15.9 Å². The molecule has 1 fully saturated rings. The summed E-state index contributed by atoms with van der Waals surface area (Å²) in [4.78, 5) is 41.2. The van der Waals surface area contributed by atoms with Crippen LogP contribution in [0.2, 0.25) is 0 Å². The molecule has 0 radical (unpaired) electrons. The van der Waals surface area contributed by atoms with Crippen molar-refractivity contribution in [2.45, 2.75) is 0 Å². The molecule has 3 aromatic rings. The molecule has 9 heteroatoms. The van der Waals surface area contributed by atoms with Crippen LogP contribution in [0.25, 0.3) is 6.08 Å². The van der Waals surface area contributed by atoms with Gasteiger partial charge in [-0.15, -0.1) is 0 Å². The summed E-state index contributed by atoms with van der Waals surface area (Å²) in [7, 11) is 0. The topological polar surface area (TPSA) is 113 Å². The standard InChI is InChI=1S/C23H15N3O5S/c27-21-20(13-15-9-11-19(12-10-15)26(30)31)32-23(25(21)18-7-2-1-3-8-18)24-17-6-4-5-16(14-17)22(28)29/h1-14H,(H,28,29)/b20-13-,24-23?. The average Bonchev–Trinajstić information content (AvgIpc) is 3.09. The maximum absolute atomic E-state index is 13.2. The highest BCUT2D eigenvalue weighted by Gasteiger charge is 2.34. The van der Waals surface area contributed by atoms with Gasteiger partial charge in [0, 0.05) is 12.1 Å². The van der Waals surface area contributed by atoms with E-state index >= 15 is 0 Å². The minimum atomic E-state index is -1.07. The number of carboxylic acids is 1. The van der Waals surface area contributed by atoms with Crippen molar-refractivity contribution in [3.8, 4) is 0 Å². The SMILES string of the molecule is O=C(O)c1cccc(N=C2S/C(=C\c3ccc([N+](=O)[O-])cc3)C(=O)N2c2ccccc2)c1. The minimum Gasteiger partial charge on any atom is -0.478 e. The Kier molecular flexibility index (Phi) is 5.82. The van der Waals surface area contributed by atoms with E-state index in [1.807, 2.05) is 6.07 Å². The van der Waals surface area contributed by atoms with E-state index in [0.717, 1.165) is 11.8 Å². The van der Waals surface area contributed by atoms with Crippen molar-refractivity contribution < 1.29 is 19.6 Å². The van der Waals surface area contributed by atoms with Crippen molar-refractivity contribution in [1.82, 2.24) is 0 Å². The van der Waals surface area contributed by atoms with Crippen molar-refractivity contribution in [3.05, 3.63) is 105 Å². The fourth-order valence-electron chi connectivity index (χ4n) is 3.02. The third kappa shape index (κ3) is 4.42. The molecule has 32 heavy (non-hydrogen) atoms. The molecule has 0 aliphatic carbocycles. The fraction of sp³-hybridized carbons (Fsp3) is 0. The van der Waals surface area contributed by atoms with Gasteiger partial charge in [0.2, 0.25) is 0 Å². The van der Waals surface area contributed by atoms with E-state index < -0.39 is 10.9 Å². The van der Waals surface area contributed by atoms with Crippen LogP contribution < -0.4 is 4.90 Å². The lowest BCUT2D eigenvalue weighted by Crippen LogP contribution is -2.28. The lowest BCUT2D eigenvalue weighted by Gasteiger charge is -2.15. The van der Waals surface area contributed by atoms with E-state index in [1.165, 1.54) is 29.2 Å². The van der Waals surface area contributed by atoms with Crippen LogP contribution >= 0.6 is 11.8 Å². The summed E-state index contributed by atoms with van der Waals surface area (Å²) in [6, 6.07) is 21.0. The van der Waals surface area contributed by atoms with Crippen molar-refractivity contribution in [2.75, 3.05) is 4.90 Å². The molecular weight excluding hydrogens is 430 g/mol. The maximum atomic E-state index is 13.2. The normalized spacial score (nSPS) is 16.0. The Morgan fingerprint density at radius 2 is 1.75 bits per heavy atom. The number of carbonyl (C=O) groups is 2. The molecular formula is C23H15N3O5S. The first-order valence-electron chi connectivity index (χ1n) is 9.38. The van der Waals surface area contributed by atoms with E-state index in [2.05, 4.69) is 4.99 Å². The largest absolute Gasteiger partial charge is 0.478 e. The first-order chi connectivity index (χ1) is 15.4. The van der Waals surface area contributed by atoms with Gasteiger partial charge in [-0.05, 0) is 65.9 Å². The Balaban J connectivity index is 1.74. The number of amides is 1. The zero-order valence-electron chi connectivity index (χ0n) is 16.4. The fourth-order valence-corrected chi connectivity index (χ4v) is 4.02. The van der Waals surface area contributed by atoms with Crippen LogP contribution in [0.4, 0.5) is 17.1 Å². The van der Waals surface area contributed by atoms with Gasteiger partial charge in [-0.25, -0.2) is 9.79 Å². The molecule has 0 atom stereocenters. The van der Waals surface area contributed by atoms with Gasteiger partial charge in [0.25, 0.3) is 11.6 Å². The van der Waals surface area contributed by atoms with Gasteiger partial charge in [-0.3, -0.25) is 19.8 Å². The van der Waals surface area contributed by atoms with E-state index in [4.69, 9.17) is 0 Å². The van der Waals surface area contributed by atoms with E-state index in [9.17, 15) is 24.8 Å². The third-order valence-corrected chi connectivity index (χ3v) is 5.51. The number of hydrogen-bond acceptors (Lipinski definition) is 6. The smallest absolute Gasteiger partial charge is 0.335 e. The summed E-state index contributed by atoms with van der Waals surface area (Å²) in [5.74, 6) is -1.37. The molecule has 1 heterocycles. The molecule has 8 nitrogen and oxygen atoms in total. The van der Waals surface area contributed by atoms with Gasteiger partial charge in [-0.1, -0.05) is 24.3 Å². The first-order valence-corrected chi connectivity index (χ1v) is 10.2. The third-order valence-electron chi connectivity index (χ3n) is 4.54. The molecule has 0 bridgehead atoms. The number of aliphatic imine (C=N–C) groups is 1. The predicted molar refractivity (Wildman–Crippen MR) is 123 cm³/mol. The molecule has 0 spiro atoms. The zero-order chi connectivity index (χ0) is 22.7. The summed E-state index contributed by atoms with van der Waals surface area (Å²) in [6.07, 6.45) is 1.64. The summed E-state index contributed by atoms with van der Waals surface area (Å²) in [6.45, 7) is 0. The quantitative estimate of drug-likeness (QED) is 0.332. The Labute approximate surface area is 186 Å². The molecule has 0 saturated carbocycles. The number of nitro benzene ring substituents is 1. The second-order valence-electron chi connectivity index (χ2n) is 6.69. The van der Waals surface area contributed by atoms with E-state index in [0.29, 0.717) is 27.0 Å². The number of amidine groups is 1. The average molecular weight is 445 g/mol. The number of rotatable bonds is 5. The summed E-state index contributed by atoms with van der Waals surface area (Å²) < 4.78 is 0. The number of aromatic carboxylic acids is 1. The zero-order valence-corrected chi connectivity index (χ0v) is 17.2. The summed E-state index contributed by atoms with van der Waals surface area (Å²) in [5, 5.41) is 20.5. The highest BCUT2D eigenvalue weighted by Crippen LogP contribution is 2.37. The maximum Gasteiger partial charge on any atom is 0.335 e. The molecule has 1 aliphatic rings. The van der Waals surface area contributed by atoms with Crippen molar-refractivity contribution >= 4 is 51.9 Å². The number of non-ortho nitro benzene ring substituents is 1. The highest BCUT2D eigenvalue weighted by molar-refractivity contribution is 8.19. The molecule has 0 aromatic heterocycles. The number of para-hydroxylation sites is 1. The van der Waals surface area contributed by atoms with Crippen molar-refractivity contribution in [2.24, 2.45) is 4.99 Å². The number of nitrogens with zero attached hydrogens (tertiary/aromatic N) is 3. The predicted octanol–water partition coefficient (Wildman–Crippen LogP) is 5.10. The second-order valence-corrected chi connectivity index (χ2v) is 7.69. The number of thioether (sulfide) groups is 1. The molecule has 1 amide bonds. The number of carbonyl (C=O) groups excluding carboxylic acids is 1. The Bertz CT molecular complexity index is 1270. The van der Waals surface area contributed by atoms with Crippen LogP contribution in [0.5, 0.6) is 0 Å². The molecule has 0 unspecified atom stereocenters. The summed E-state index contributed by atoms with van der Waals surface area (Å²) in [5.41, 5.74) is 1.70. The van der Waals surface area contributed by atoms with Gasteiger partial charge in [-0.2, -0.15) is 0 Å². The molecule has 3 aromatic carbocycles. The van der Waals surface area contributed by atoms with Crippen molar-refractivity contribution in [1.29, 1.82) is 0 Å². The van der Waals surface area contributed by atoms with E-state index in [-0.39, 0.29) is 17.2 Å². The van der Waals surface area contributed by atoms with Crippen LogP contribution in [-0.4, -0.2) is 27.1 Å². The number of anilines is 1.